The van der Waals surface area contributed by atoms with E-state index in [9.17, 15) is 9.90 Å². The van der Waals surface area contributed by atoms with Crippen LogP contribution >= 0.6 is 0 Å². The van der Waals surface area contributed by atoms with E-state index in [0.29, 0.717) is 24.9 Å². The minimum atomic E-state index is -0.627. The molecular weight excluding hydrogens is 216 g/mol. The molecule has 1 aliphatic rings. The van der Waals surface area contributed by atoms with Crippen LogP contribution in [0.1, 0.15) is 52.9 Å². The number of hydrogen-bond acceptors (Lipinski definition) is 2. The van der Waals surface area contributed by atoms with Gasteiger partial charge in [-0.05, 0) is 43.9 Å². The van der Waals surface area contributed by atoms with E-state index < -0.39 is 11.4 Å². The Bertz CT molecular complexity index is 240. The largest absolute Gasteiger partial charge is 0.481 e. The maximum atomic E-state index is 11.5. The number of carboxylic acids is 1. The van der Waals surface area contributed by atoms with Crippen molar-refractivity contribution < 1.29 is 14.6 Å². The molecule has 1 N–H and O–H groups in total. The number of aliphatic carboxylic acids is 1. The van der Waals surface area contributed by atoms with Crippen molar-refractivity contribution in [2.45, 2.75) is 52.9 Å². The highest BCUT2D eigenvalue weighted by Gasteiger charge is 2.40. The first kappa shape index (κ1) is 14.5. The van der Waals surface area contributed by atoms with E-state index in [2.05, 4.69) is 20.8 Å². The monoisotopic (exact) mass is 242 g/mol. The van der Waals surface area contributed by atoms with Gasteiger partial charge >= 0.3 is 5.97 Å². The van der Waals surface area contributed by atoms with E-state index in [1.165, 1.54) is 0 Å². The third kappa shape index (κ3) is 4.30. The average Bonchev–Trinajstić information content (AvgIpc) is 2.26. The van der Waals surface area contributed by atoms with E-state index in [-0.39, 0.29) is 0 Å². The fourth-order valence-electron chi connectivity index (χ4n) is 2.47. The van der Waals surface area contributed by atoms with E-state index in [4.69, 9.17) is 4.74 Å². The molecule has 1 rings (SSSR count). The number of carboxylic acid groups (broad SMARTS) is 1. The zero-order valence-corrected chi connectivity index (χ0v) is 11.4. The Morgan fingerprint density at radius 2 is 2.00 bits per heavy atom. The van der Waals surface area contributed by atoms with Gasteiger partial charge in [-0.15, -0.1) is 0 Å². The van der Waals surface area contributed by atoms with Gasteiger partial charge in [0.15, 0.2) is 0 Å². The first-order valence-corrected chi connectivity index (χ1v) is 6.77. The third-order valence-electron chi connectivity index (χ3n) is 3.86. The summed E-state index contributed by atoms with van der Waals surface area (Å²) in [6, 6.07) is 0. The van der Waals surface area contributed by atoms with Crippen LogP contribution in [0.3, 0.4) is 0 Å². The predicted octanol–water partition coefficient (Wildman–Crippen LogP) is 3.33. The Morgan fingerprint density at radius 1 is 1.41 bits per heavy atom. The quantitative estimate of drug-likeness (QED) is 0.727. The van der Waals surface area contributed by atoms with Crippen molar-refractivity contribution in [3.8, 4) is 0 Å². The van der Waals surface area contributed by atoms with Crippen LogP contribution in [0.5, 0.6) is 0 Å². The van der Waals surface area contributed by atoms with Crippen LogP contribution in [-0.4, -0.2) is 24.3 Å². The number of ether oxygens (including phenoxy) is 1. The summed E-state index contributed by atoms with van der Waals surface area (Å²) < 4.78 is 5.54. The smallest absolute Gasteiger partial charge is 0.309 e. The minimum Gasteiger partial charge on any atom is -0.481 e. The second-order valence-electron chi connectivity index (χ2n) is 5.99. The van der Waals surface area contributed by atoms with Crippen LogP contribution in [0, 0.1) is 17.3 Å². The van der Waals surface area contributed by atoms with Crippen LogP contribution in [-0.2, 0) is 9.53 Å². The molecule has 0 heterocycles. The lowest BCUT2D eigenvalue weighted by molar-refractivity contribution is -0.153. The van der Waals surface area contributed by atoms with Crippen molar-refractivity contribution in [1.29, 1.82) is 0 Å². The molecule has 0 aliphatic heterocycles. The first-order valence-electron chi connectivity index (χ1n) is 6.77. The van der Waals surface area contributed by atoms with Crippen molar-refractivity contribution in [2.75, 3.05) is 13.2 Å². The van der Waals surface area contributed by atoms with Gasteiger partial charge in [0.25, 0.3) is 0 Å². The topological polar surface area (TPSA) is 46.5 Å². The molecule has 100 valence electrons. The summed E-state index contributed by atoms with van der Waals surface area (Å²) in [5, 5.41) is 9.43. The summed E-state index contributed by atoms with van der Waals surface area (Å²) in [6.07, 6.45) is 4.37. The lowest BCUT2D eigenvalue weighted by Gasteiger charge is -2.35. The van der Waals surface area contributed by atoms with E-state index in [1.54, 1.807) is 0 Å². The zero-order chi connectivity index (χ0) is 12.9. The number of rotatable bonds is 6. The van der Waals surface area contributed by atoms with Gasteiger partial charge < -0.3 is 9.84 Å². The fourth-order valence-corrected chi connectivity index (χ4v) is 2.47. The van der Waals surface area contributed by atoms with E-state index >= 15 is 0 Å². The third-order valence-corrected chi connectivity index (χ3v) is 3.86. The van der Waals surface area contributed by atoms with E-state index in [1.807, 2.05) is 0 Å². The predicted molar refractivity (Wildman–Crippen MR) is 68.0 cm³/mol. The summed E-state index contributed by atoms with van der Waals surface area (Å²) in [5.74, 6) is 0.568. The normalized spacial score (nSPS) is 29.5. The lowest BCUT2D eigenvalue weighted by atomic mass is 9.69. The van der Waals surface area contributed by atoms with Crippen LogP contribution in [0.2, 0.25) is 0 Å². The van der Waals surface area contributed by atoms with Gasteiger partial charge in [0.2, 0.25) is 0 Å². The summed E-state index contributed by atoms with van der Waals surface area (Å²) >= 11 is 0. The minimum absolute atomic E-state index is 0.510. The zero-order valence-electron chi connectivity index (χ0n) is 11.4. The summed E-state index contributed by atoms with van der Waals surface area (Å²) in [7, 11) is 0. The number of hydrogen-bond donors (Lipinski definition) is 1. The number of carbonyl (C=O) groups is 1. The Hall–Kier alpha value is -0.570. The Kier molecular flexibility index (Phi) is 5.44. The average molecular weight is 242 g/mol. The maximum Gasteiger partial charge on any atom is 0.309 e. The van der Waals surface area contributed by atoms with Crippen LogP contribution < -0.4 is 0 Å². The highest BCUT2D eigenvalue weighted by Crippen LogP contribution is 2.41. The second kappa shape index (κ2) is 6.39. The highest BCUT2D eigenvalue weighted by atomic mass is 16.5. The first-order chi connectivity index (χ1) is 7.96. The molecular formula is C14H26O3. The van der Waals surface area contributed by atoms with Crippen LogP contribution in [0.25, 0.3) is 0 Å². The Balaban J connectivity index is 2.41. The van der Waals surface area contributed by atoms with Crippen LogP contribution in [0.4, 0.5) is 0 Å². The molecule has 0 unspecified atom stereocenters. The SMILES string of the molecule is CC(C)COCCC1(C(=O)O)CCC(C)CC1. The standard InChI is InChI=1S/C14H26O3/c1-11(2)10-17-9-8-14(13(15)16)6-4-12(3)5-7-14/h11-12H,4-10H2,1-3H3,(H,15,16). The molecule has 1 aliphatic carbocycles. The Labute approximate surface area is 105 Å². The van der Waals surface area contributed by atoms with Gasteiger partial charge in [-0.25, -0.2) is 0 Å². The van der Waals surface area contributed by atoms with Crippen LogP contribution in [0.15, 0.2) is 0 Å². The molecule has 3 nitrogen and oxygen atoms in total. The van der Waals surface area contributed by atoms with Crippen molar-refractivity contribution >= 4 is 5.97 Å². The van der Waals surface area contributed by atoms with Crippen molar-refractivity contribution in [1.82, 2.24) is 0 Å². The molecule has 0 radical (unpaired) electrons. The second-order valence-corrected chi connectivity index (χ2v) is 5.99. The maximum absolute atomic E-state index is 11.5. The van der Waals surface area contributed by atoms with Crippen molar-refractivity contribution in [3.63, 3.8) is 0 Å². The molecule has 0 saturated heterocycles. The van der Waals surface area contributed by atoms with Gasteiger partial charge in [0, 0.05) is 13.2 Å². The van der Waals surface area contributed by atoms with Gasteiger partial charge in [-0.3, -0.25) is 4.79 Å². The fraction of sp³-hybridized carbons (Fsp3) is 0.929. The molecule has 3 heteroatoms. The molecule has 0 amide bonds. The molecule has 0 aromatic carbocycles. The summed E-state index contributed by atoms with van der Waals surface area (Å²) in [5.41, 5.74) is -0.510. The summed E-state index contributed by atoms with van der Waals surface area (Å²) in [4.78, 5) is 11.5. The molecule has 17 heavy (non-hydrogen) atoms. The van der Waals surface area contributed by atoms with Gasteiger partial charge in [-0.2, -0.15) is 0 Å². The molecule has 0 spiro atoms. The van der Waals surface area contributed by atoms with E-state index in [0.717, 1.165) is 32.3 Å². The van der Waals surface area contributed by atoms with Crippen molar-refractivity contribution in [3.05, 3.63) is 0 Å². The molecule has 0 aromatic heterocycles. The van der Waals surface area contributed by atoms with Gasteiger partial charge in [0.1, 0.15) is 0 Å². The molecule has 1 fully saturated rings. The molecule has 0 aromatic rings. The van der Waals surface area contributed by atoms with Crippen molar-refractivity contribution in [2.24, 2.45) is 17.3 Å². The molecule has 1 saturated carbocycles. The highest BCUT2D eigenvalue weighted by molar-refractivity contribution is 5.74. The van der Waals surface area contributed by atoms with Gasteiger partial charge in [-0.1, -0.05) is 20.8 Å². The van der Waals surface area contributed by atoms with Gasteiger partial charge in [0.05, 0.1) is 5.41 Å². The summed E-state index contributed by atoms with van der Waals surface area (Å²) in [6.45, 7) is 7.73. The Morgan fingerprint density at radius 3 is 2.47 bits per heavy atom. The molecule has 0 atom stereocenters. The molecule has 0 bridgehead atoms. The lowest BCUT2D eigenvalue weighted by Crippen LogP contribution is -2.36.